The molecule has 9 heteroatoms. The van der Waals surface area contributed by atoms with E-state index in [1.807, 2.05) is 18.2 Å². The Bertz CT molecular complexity index is 737. The molecule has 1 aliphatic rings. The van der Waals surface area contributed by atoms with Gasteiger partial charge in [0, 0.05) is 10.0 Å². The number of carboxylic acid groups (broad SMARTS) is 1. The molecule has 1 aromatic rings. The fourth-order valence-corrected chi connectivity index (χ4v) is 3.34. The molecule has 1 amide bonds. The van der Waals surface area contributed by atoms with Gasteiger partial charge in [-0.25, -0.2) is 0 Å². The standard InChI is InChI=1S/C17H20BrN3O4S/c1-10(2)5-6-25-13-4-3-12(18)7-11(13)9-19-21-17-20-16(24)14(26-17)8-15(22)23/h3-4,7,9-10,14H,5-6,8H2,1-2H3,(H,22,23)(H,20,21,24). The number of carbonyl (C=O) groups is 2. The van der Waals surface area contributed by atoms with Crippen LogP contribution in [0.5, 0.6) is 5.75 Å². The second-order valence-electron chi connectivity index (χ2n) is 6.06. The minimum Gasteiger partial charge on any atom is -0.493 e. The Morgan fingerprint density at radius 2 is 2.27 bits per heavy atom. The van der Waals surface area contributed by atoms with Gasteiger partial charge < -0.3 is 15.2 Å². The molecule has 1 aliphatic heterocycles. The summed E-state index contributed by atoms with van der Waals surface area (Å²) in [4.78, 5) is 22.4. The average Bonchev–Trinajstić information content (AvgIpc) is 2.88. The van der Waals surface area contributed by atoms with E-state index in [1.54, 1.807) is 6.21 Å². The van der Waals surface area contributed by atoms with Crippen molar-refractivity contribution in [3.63, 3.8) is 0 Å². The summed E-state index contributed by atoms with van der Waals surface area (Å²) in [6.45, 7) is 4.88. The van der Waals surface area contributed by atoms with Crippen molar-refractivity contribution in [1.82, 2.24) is 5.32 Å². The number of ether oxygens (including phenoxy) is 1. The zero-order valence-electron chi connectivity index (χ0n) is 14.4. The van der Waals surface area contributed by atoms with Gasteiger partial charge >= 0.3 is 5.97 Å². The number of hydrogen-bond donors (Lipinski definition) is 2. The molecule has 2 rings (SSSR count). The van der Waals surface area contributed by atoms with Crippen LogP contribution in [0.4, 0.5) is 0 Å². The normalized spacial score (nSPS) is 18.7. The molecule has 0 aromatic heterocycles. The van der Waals surface area contributed by atoms with Crippen molar-refractivity contribution in [2.24, 2.45) is 16.1 Å². The Hall–Kier alpha value is -1.87. The fraction of sp³-hybridized carbons (Fsp3) is 0.412. The minimum absolute atomic E-state index is 0.251. The monoisotopic (exact) mass is 441 g/mol. The number of hydrogen-bond acceptors (Lipinski definition) is 6. The lowest BCUT2D eigenvalue weighted by atomic mass is 10.1. The summed E-state index contributed by atoms with van der Waals surface area (Å²) in [5.74, 6) is -0.147. The lowest BCUT2D eigenvalue weighted by Gasteiger charge is -2.10. The number of benzene rings is 1. The van der Waals surface area contributed by atoms with Crippen molar-refractivity contribution in [3.8, 4) is 5.75 Å². The number of halogens is 1. The van der Waals surface area contributed by atoms with Crippen LogP contribution in [-0.2, 0) is 9.59 Å². The first-order chi connectivity index (χ1) is 12.3. The maximum absolute atomic E-state index is 11.7. The van der Waals surface area contributed by atoms with Gasteiger partial charge in [0.2, 0.25) is 5.91 Å². The van der Waals surface area contributed by atoms with E-state index in [9.17, 15) is 9.59 Å². The van der Waals surface area contributed by atoms with Crippen molar-refractivity contribution in [2.45, 2.75) is 31.9 Å². The highest BCUT2D eigenvalue weighted by Gasteiger charge is 2.32. The highest BCUT2D eigenvalue weighted by atomic mass is 79.9. The Kier molecular flexibility index (Phi) is 7.65. The van der Waals surface area contributed by atoms with Crippen LogP contribution in [0.25, 0.3) is 0 Å². The van der Waals surface area contributed by atoms with E-state index < -0.39 is 11.2 Å². The van der Waals surface area contributed by atoms with Gasteiger partial charge in [-0.2, -0.15) is 5.10 Å². The van der Waals surface area contributed by atoms with E-state index in [0.717, 1.165) is 28.2 Å². The molecule has 0 aliphatic carbocycles. The van der Waals surface area contributed by atoms with Gasteiger partial charge in [-0.3, -0.25) is 9.59 Å². The summed E-state index contributed by atoms with van der Waals surface area (Å²) in [6, 6.07) is 5.60. The summed E-state index contributed by atoms with van der Waals surface area (Å²) in [5.41, 5.74) is 0.754. The summed E-state index contributed by atoms with van der Waals surface area (Å²) in [6.07, 6.45) is 2.24. The Morgan fingerprint density at radius 3 is 2.96 bits per heavy atom. The van der Waals surface area contributed by atoms with Crippen LogP contribution in [-0.4, -0.2) is 40.2 Å². The zero-order chi connectivity index (χ0) is 19.1. The van der Waals surface area contributed by atoms with Crippen molar-refractivity contribution in [1.29, 1.82) is 0 Å². The van der Waals surface area contributed by atoms with Crippen LogP contribution in [0.1, 0.15) is 32.3 Å². The Balaban J connectivity index is 2.04. The first kappa shape index (κ1) is 20.4. The van der Waals surface area contributed by atoms with Crippen LogP contribution in [0.15, 0.2) is 32.9 Å². The van der Waals surface area contributed by atoms with Crippen LogP contribution in [0, 0.1) is 5.92 Å². The lowest BCUT2D eigenvalue weighted by Crippen LogP contribution is -2.26. The quantitative estimate of drug-likeness (QED) is 0.476. The maximum atomic E-state index is 11.7. The molecule has 7 nitrogen and oxygen atoms in total. The number of thioether (sulfide) groups is 1. The summed E-state index contributed by atoms with van der Waals surface area (Å²) < 4.78 is 6.68. The van der Waals surface area contributed by atoms with Gasteiger partial charge in [-0.05, 0) is 30.5 Å². The third kappa shape index (κ3) is 6.45. The molecule has 1 heterocycles. The molecule has 1 atom stereocenters. The van der Waals surface area contributed by atoms with Crippen molar-refractivity contribution >= 4 is 51.0 Å². The Labute approximate surface area is 164 Å². The van der Waals surface area contributed by atoms with Gasteiger partial charge in [-0.1, -0.05) is 41.5 Å². The van der Waals surface area contributed by atoms with E-state index in [4.69, 9.17) is 9.84 Å². The van der Waals surface area contributed by atoms with Crippen molar-refractivity contribution < 1.29 is 19.4 Å². The first-order valence-electron chi connectivity index (χ1n) is 8.08. The number of amidine groups is 1. The first-order valence-corrected chi connectivity index (χ1v) is 9.75. The molecule has 0 radical (unpaired) electrons. The molecule has 26 heavy (non-hydrogen) atoms. The molecule has 0 bridgehead atoms. The highest BCUT2D eigenvalue weighted by Crippen LogP contribution is 2.24. The molecule has 0 saturated carbocycles. The van der Waals surface area contributed by atoms with Crippen molar-refractivity contribution in [2.75, 3.05) is 6.61 Å². The van der Waals surface area contributed by atoms with E-state index in [1.165, 1.54) is 0 Å². The number of amides is 1. The third-order valence-corrected chi connectivity index (χ3v) is 4.97. The maximum Gasteiger partial charge on any atom is 0.305 e. The molecule has 1 saturated heterocycles. The SMILES string of the molecule is CC(C)CCOc1ccc(Br)cc1C=NN=C1NC(=O)C(CC(=O)O)S1. The predicted octanol–water partition coefficient (Wildman–Crippen LogP) is 3.27. The van der Waals surface area contributed by atoms with E-state index in [2.05, 4.69) is 45.3 Å². The largest absolute Gasteiger partial charge is 0.493 e. The molecule has 0 spiro atoms. The minimum atomic E-state index is -1.03. The fourth-order valence-electron chi connectivity index (χ4n) is 2.04. The van der Waals surface area contributed by atoms with E-state index >= 15 is 0 Å². The molecular weight excluding hydrogens is 422 g/mol. The number of nitrogens with zero attached hydrogens (tertiary/aromatic N) is 2. The van der Waals surface area contributed by atoms with Gasteiger partial charge in [0.15, 0.2) is 5.17 Å². The summed E-state index contributed by atoms with van der Waals surface area (Å²) in [7, 11) is 0. The third-order valence-electron chi connectivity index (χ3n) is 3.41. The van der Waals surface area contributed by atoms with Crippen LogP contribution >= 0.6 is 27.7 Å². The lowest BCUT2D eigenvalue weighted by molar-refractivity contribution is -0.138. The number of carbonyl (C=O) groups excluding carboxylic acids is 1. The molecule has 140 valence electrons. The second kappa shape index (κ2) is 9.72. The van der Waals surface area contributed by atoms with Crippen LogP contribution in [0.3, 0.4) is 0 Å². The molecule has 1 unspecified atom stereocenters. The van der Waals surface area contributed by atoms with Gasteiger partial charge in [-0.15, -0.1) is 5.10 Å². The second-order valence-corrected chi connectivity index (χ2v) is 8.16. The van der Waals surface area contributed by atoms with E-state index in [-0.39, 0.29) is 17.5 Å². The Morgan fingerprint density at radius 1 is 1.50 bits per heavy atom. The molecule has 1 aromatic carbocycles. The average molecular weight is 442 g/mol. The van der Waals surface area contributed by atoms with Gasteiger partial charge in [0.1, 0.15) is 11.0 Å². The summed E-state index contributed by atoms with van der Waals surface area (Å²) >= 11 is 4.48. The van der Waals surface area contributed by atoms with Gasteiger partial charge in [0.25, 0.3) is 0 Å². The van der Waals surface area contributed by atoms with Crippen LogP contribution in [0.2, 0.25) is 0 Å². The number of rotatable bonds is 8. The van der Waals surface area contributed by atoms with E-state index in [0.29, 0.717) is 18.3 Å². The summed E-state index contributed by atoms with van der Waals surface area (Å²) in [5, 5.41) is 18.9. The topological polar surface area (TPSA) is 100 Å². The number of nitrogens with one attached hydrogen (secondary N) is 1. The highest BCUT2D eigenvalue weighted by molar-refractivity contribution is 9.10. The van der Waals surface area contributed by atoms with Gasteiger partial charge in [0.05, 0.1) is 19.2 Å². The molecular formula is C17H20BrN3O4S. The number of carboxylic acids is 1. The van der Waals surface area contributed by atoms with Crippen molar-refractivity contribution in [3.05, 3.63) is 28.2 Å². The smallest absolute Gasteiger partial charge is 0.305 e. The zero-order valence-corrected chi connectivity index (χ0v) is 16.8. The van der Waals surface area contributed by atoms with Crippen LogP contribution < -0.4 is 10.1 Å². The predicted molar refractivity (Wildman–Crippen MR) is 106 cm³/mol. The number of aliphatic carboxylic acids is 1. The molecule has 2 N–H and O–H groups in total. The molecule has 1 fully saturated rings.